The number of carbonyl (C=O) groups is 2. The van der Waals surface area contributed by atoms with Crippen LogP contribution >= 0.6 is 11.3 Å². The molecule has 2 aromatic rings. The number of likely N-dealkylation sites (tertiary alicyclic amines) is 1. The number of rotatable bonds is 4. The second-order valence-electron chi connectivity index (χ2n) is 5.90. The van der Waals surface area contributed by atoms with Crippen LogP contribution in [0.3, 0.4) is 0 Å². The maximum absolute atomic E-state index is 13.0. The van der Waals surface area contributed by atoms with Crippen molar-refractivity contribution in [3.63, 3.8) is 0 Å². The van der Waals surface area contributed by atoms with Gasteiger partial charge in [0.25, 0.3) is 0 Å². The monoisotopic (exact) mass is 328 g/mol. The molecule has 0 radical (unpaired) electrons. The molecule has 1 aromatic carbocycles. The molecule has 0 aliphatic carbocycles. The molecule has 0 unspecified atom stereocenters. The Morgan fingerprint density at radius 3 is 2.74 bits per heavy atom. The van der Waals surface area contributed by atoms with Crippen LogP contribution in [0.25, 0.3) is 0 Å². The van der Waals surface area contributed by atoms with Crippen molar-refractivity contribution in [2.45, 2.75) is 19.4 Å². The van der Waals surface area contributed by atoms with Crippen LogP contribution in [-0.2, 0) is 16.1 Å². The van der Waals surface area contributed by atoms with Gasteiger partial charge in [-0.2, -0.15) is 11.3 Å². The van der Waals surface area contributed by atoms with Gasteiger partial charge in [0.05, 0.1) is 6.54 Å². The molecular weight excluding hydrogens is 308 g/mol. The minimum absolute atomic E-state index is 0.0452. The third-order valence-corrected chi connectivity index (χ3v) is 5.00. The van der Waals surface area contributed by atoms with Gasteiger partial charge in [-0.25, -0.2) is 0 Å². The summed E-state index contributed by atoms with van der Waals surface area (Å²) < 4.78 is 0. The zero-order valence-corrected chi connectivity index (χ0v) is 14.0. The van der Waals surface area contributed by atoms with Crippen molar-refractivity contribution in [2.24, 2.45) is 5.92 Å². The first-order valence-corrected chi connectivity index (χ1v) is 8.71. The van der Waals surface area contributed by atoms with Gasteiger partial charge in [0, 0.05) is 31.6 Å². The van der Waals surface area contributed by atoms with Crippen molar-refractivity contribution in [1.29, 1.82) is 0 Å². The predicted octanol–water partition coefficient (Wildman–Crippen LogP) is 3.15. The third kappa shape index (κ3) is 3.62. The van der Waals surface area contributed by atoms with Crippen molar-refractivity contribution in [2.75, 3.05) is 18.5 Å². The zero-order valence-electron chi connectivity index (χ0n) is 13.1. The number of para-hydroxylation sites is 1. The van der Waals surface area contributed by atoms with E-state index in [1.807, 2.05) is 46.7 Å². The van der Waals surface area contributed by atoms with E-state index < -0.39 is 0 Å². The van der Waals surface area contributed by atoms with E-state index in [2.05, 4.69) is 5.38 Å². The molecule has 1 saturated heterocycles. The zero-order chi connectivity index (χ0) is 16.2. The smallest absolute Gasteiger partial charge is 0.230 e. The summed E-state index contributed by atoms with van der Waals surface area (Å²) in [5.74, 6) is -0.125. The summed E-state index contributed by atoms with van der Waals surface area (Å²) >= 11 is 1.63. The molecule has 3 rings (SSSR count). The highest BCUT2D eigenvalue weighted by Gasteiger charge is 2.32. The topological polar surface area (TPSA) is 40.6 Å². The van der Waals surface area contributed by atoms with Gasteiger partial charge in [0.2, 0.25) is 11.8 Å². The van der Waals surface area contributed by atoms with Crippen molar-refractivity contribution in [3.8, 4) is 0 Å². The van der Waals surface area contributed by atoms with Crippen LogP contribution in [0.15, 0.2) is 47.2 Å². The van der Waals surface area contributed by atoms with Gasteiger partial charge in [-0.3, -0.25) is 9.59 Å². The number of thiophene rings is 1. The Morgan fingerprint density at radius 1 is 1.30 bits per heavy atom. The number of carbonyl (C=O) groups excluding carboxylic acids is 2. The summed E-state index contributed by atoms with van der Waals surface area (Å²) in [7, 11) is 1.79. The highest BCUT2D eigenvalue weighted by Crippen LogP contribution is 2.25. The van der Waals surface area contributed by atoms with E-state index in [0.29, 0.717) is 19.5 Å². The molecule has 1 fully saturated rings. The number of nitrogens with zero attached hydrogens (tertiary/aromatic N) is 2. The van der Waals surface area contributed by atoms with Crippen LogP contribution in [0.4, 0.5) is 5.69 Å². The Labute approximate surface area is 140 Å². The number of amides is 2. The molecule has 0 bridgehead atoms. The molecular formula is C18H20N2O2S. The largest absolute Gasteiger partial charge is 0.346 e. The lowest BCUT2D eigenvalue weighted by molar-refractivity contribution is -0.138. The maximum Gasteiger partial charge on any atom is 0.230 e. The fraction of sp³-hybridized carbons (Fsp3) is 0.333. The normalized spacial score (nSPS) is 18.0. The fourth-order valence-electron chi connectivity index (χ4n) is 2.84. The minimum Gasteiger partial charge on any atom is -0.346 e. The van der Waals surface area contributed by atoms with Crippen molar-refractivity contribution < 1.29 is 9.59 Å². The summed E-state index contributed by atoms with van der Waals surface area (Å²) in [6, 6.07) is 11.7. The molecule has 1 aliphatic rings. The molecule has 1 aliphatic heterocycles. The molecule has 23 heavy (non-hydrogen) atoms. The number of hydrogen-bond donors (Lipinski definition) is 0. The van der Waals surface area contributed by atoms with Gasteiger partial charge < -0.3 is 9.80 Å². The second kappa shape index (κ2) is 6.96. The number of piperidine rings is 1. The van der Waals surface area contributed by atoms with Gasteiger partial charge >= 0.3 is 0 Å². The average Bonchev–Trinajstić information content (AvgIpc) is 3.08. The Hall–Kier alpha value is -2.14. The molecule has 2 heterocycles. The lowest BCUT2D eigenvalue weighted by Gasteiger charge is -2.32. The van der Waals surface area contributed by atoms with Gasteiger partial charge in [0.15, 0.2) is 0 Å². The van der Waals surface area contributed by atoms with E-state index in [1.54, 1.807) is 23.3 Å². The molecule has 1 aromatic heterocycles. The van der Waals surface area contributed by atoms with Crippen molar-refractivity contribution in [1.82, 2.24) is 4.90 Å². The first-order chi connectivity index (χ1) is 11.1. The van der Waals surface area contributed by atoms with Gasteiger partial charge in [-0.1, -0.05) is 18.2 Å². The second-order valence-corrected chi connectivity index (χ2v) is 6.68. The molecule has 5 heteroatoms. The number of hydrogen-bond acceptors (Lipinski definition) is 3. The lowest BCUT2D eigenvalue weighted by atomic mass is 9.94. The van der Waals surface area contributed by atoms with E-state index >= 15 is 0 Å². The lowest BCUT2D eigenvalue weighted by Crippen LogP contribution is -2.43. The molecule has 120 valence electrons. The Morgan fingerprint density at radius 2 is 2.09 bits per heavy atom. The molecule has 2 amide bonds. The predicted molar refractivity (Wildman–Crippen MR) is 92.3 cm³/mol. The van der Waals surface area contributed by atoms with Crippen LogP contribution < -0.4 is 4.90 Å². The first kappa shape index (κ1) is 15.7. The van der Waals surface area contributed by atoms with Crippen LogP contribution in [0.5, 0.6) is 0 Å². The molecule has 0 spiro atoms. The molecule has 0 N–H and O–H groups in total. The van der Waals surface area contributed by atoms with Crippen LogP contribution in [-0.4, -0.2) is 30.3 Å². The van der Waals surface area contributed by atoms with E-state index in [4.69, 9.17) is 0 Å². The highest BCUT2D eigenvalue weighted by atomic mass is 32.1. The van der Waals surface area contributed by atoms with E-state index in [-0.39, 0.29) is 17.7 Å². The van der Waals surface area contributed by atoms with Crippen molar-refractivity contribution in [3.05, 3.63) is 52.7 Å². The number of benzene rings is 1. The SMILES string of the molecule is CN1CC[C@H](C(=O)N(Cc2ccsc2)c2ccccc2)CC1=O. The molecule has 4 nitrogen and oxygen atoms in total. The standard InChI is InChI=1S/C18H20N2O2S/c1-19-9-7-15(11-17(19)21)18(22)20(12-14-8-10-23-13-14)16-5-3-2-4-6-16/h2-6,8,10,13,15H,7,9,11-12H2,1H3/t15-/m0/s1. The van der Waals surface area contributed by atoms with Gasteiger partial charge in [-0.05, 0) is 40.9 Å². The third-order valence-electron chi connectivity index (χ3n) is 4.26. The van der Waals surface area contributed by atoms with E-state index in [1.165, 1.54) is 0 Å². The Balaban J connectivity index is 1.82. The first-order valence-electron chi connectivity index (χ1n) is 7.76. The average molecular weight is 328 g/mol. The summed E-state index contributed by atoms with van der Waals surface area (Å²) in [5.41, 5.74) is 2.00. The minimum atomic E-state index is -0.224. The summed E-state index contributed by atoms with van der Waals surface area (Å²) in [5, 5.41) is 4.07. The Bertz CT molecular complexity index is 670. The number of anilines is 1. The Kier molecular flexibility index (Phi) is 4.76. The molecule has 0 saturated carbocycles. The summed E-state index contributed by atoms with van der Waals surface area (Å²) in [6.45, 7) is 1.20. The highest BCUT2D eigenvalue weighted by molar-refractivity contribution is 7.07. The van der Waals surface area contributed by atoms with E-state index in [9.17, 15) is 9.59 Å². The van der Waals surface area contributed by atoms with Gasteiger partial charge in [0.1, 0.15) is 0 Å². The summed E-state index contributed by atoms with van der Waals surface area (Å²) in [4.78, 5) is 28.5. The summed E-state index contributed by atoms with van der Waals surface area (Å²) in [6.07, 6.45) is 1.04. The van der Waals surface area contributed by atoms with Crippen LogP contribution in [0.2, 0.25) is 0 Å². The van der Waals surface area contributed by atoms with Gasteiger partial charge in [-0.15, -0.1) is 0 Å². The molecule has 1 atom stereocenters. The maximum atomic E-state index is 13.0. The fourth-order valence-corrected chi connectivity index (χ4v) is 3.50. The quantitative estimate of drug-likeness (QED) is 0.865. The van der Waals surface area contributed by atoms with E-state index in [0.717, 1.165) is 17.7 Å². The van der Waals surface area contributed by atoms with Crippen LogP contribution in [0.1, 0.15) is 18.4 Å². The van der Waals surface area contributed by atoms with Crippen molar-refractivity contribution >= 4 is 28.8 Å². The van der Waals surface area contributed by atoms with Crippen LogP contribution in [0, 0.1) is 5.92 Å².